The Morgan fingerprint density at radius 2 is 2.22 bits per heavy atom. The van der Waals surface area contributed by atoms with Gasteiger partial charge in [0.25, 0.3) is 0 Å². The summed E-state index contributed by atoms with van der Waals surface area (Å²) in [5, 5.41) is 9.81. The van der Waals surface area contributed by atoms with Gasteiger partial charge < -0.3 is 19.7 Å². The zero-order valence-corrected chi connectivity index (χ0v) is 16.0. The van der Waals surface area contributed by atoms with Crippen molar-refractivity contribution in [1.29, 1.82) is 0 Å². The van der Waals surface area contributed by atoms with Gasteiger partial charge in [-0.05, 0) is 50.3 Å². The molecule has 1 aliphatic heterocycles. The number of methoxy groups -OCH3 is 1. The molecule has 0 bridgehead atoms. The van der Waals surface area contributed by atoms with Crippen molar-refractivity contribution < 1.29 is 19.4 Å². The van der Waals surface area contributed by atoms with Crippen molar-refractivity contribution in [2.24, 2.45) is 5.41 Å². The molecule has 1 amide bonds. The van der Waals surface area contributed by atoms with Crippen LogP contribution in [0, 0.1) is 12.3 Å². The zero-order valence-electron chi connectivity index (χ0n) is 16.0. The summed E-state index contributed by atoms with van der Waals surface area (Å²) < 4.78 is 5.07. The Morgan fingerprint density at radius 3 is 2.96 bits per heavy atom. The zero-order chi connectivity index (χ0) is 19.4. The number of carbonyl (C=O) groups excluding carboxylic acids is 1. The van der Waals surface area contributed by atoms with Gasteiger partial charge in [0.05, 0.1) is 22.9 Å². The van der Waals surface area contributed by atoms with E-state index in [0.717, 1.165) is 22.4 Å². The highest BCUT2D eigenvalue weighted by atomic mass is 16.5. The number of carbonyl (C=O) groups is 2. The molecule has 3 rings (SSSR count). The first-order valence-electron chi connectivity index (χ1n) is 9.39. The number of piperidine rings is 1. The third-order valence-electron chi connectivity index (χ3n) is 5.41. The molecule has 0 saturated carbocycles. The lowest BCUT2D eigenvalue weighted by Gasteiger charge is -2.40. The van der Waals surface area contributed by atoms with Gasteiger partial charge in [-0.1, -0.05) is 6.07 Å². The van der Waals surface area contributed by atoms with E-state index in [1.807, 2.05) is 25.1 Å². The Bertz CT molecular complexity index is 832. The summed E-state index contributed by atoms with van der Waals surface area (Å²) in [6.07, 6.45) is 2.79. The van der Waals surface area contributed by atoms with E-state index >= 15 is 0 Å². The average Bonchev–Trinajstić information content (AvgIpc) is 3.01. The van der Waals surface area contributed by atoms with E-state index in [2.05, 4.69) is 9.97 Å². The lowest BCUT2D eigenvalue weighted by atomic mass is 9.76. The van der Waals surface area contributed by atoms with Crippen molar-refractivity contribution in [3.63, 3.8) is 0 Å². The van der Waals surface area contributed by atoms with Crippen molar-refractivity contribution in [2.45, 2.75) is 39.0 Å². The summed E-state index contributed by atoms with van der Waals surface area (Å²) in [5.74, 6) is -0.0000748. The number of nitrogens with one attached hydrogen (secondary N) is 1. The van der Waals surface area contributed by atoms with Crippen LogP contribution in [0.2, 0.25) is 0 Å². The summed E-state index contributed by atoms with van der Waals surface area (Å²) >= 11 is 0. The maximum absolute atomic E-state index is 12.8. The molecule has 0 radical (unpaired) electrons. The second kappa shape index (κ2) is 8.08. The van der Waals surface area contributed by atoms with E-state index in [4.69, 9.17) is 4.74 Å². The summed E-state index contributed by atoms with van der Waals surface area (Å²) in [6.45, 7) is 3.32. The molecule has 1 atom stereocenters. The van der Waals surface area contributed by atoms with Crippen molar-refractivity contribution in [2.75, 3.05) is 26.8 Å². The molecule has 7 nitrogen and oxygen atoms in total. The van der Waals surface area contributed by atoms with E-state index in [1.165, 1.54) is 0 Å². The normalized spacial score (nSPS) is 20.1. The van der Waals surface area contributed by atoms with Gasteiger partial charge in [-0.2, -0.15) is 0 Å². The van der Waals surface area contributed by atoms with Crippen LogP contribution in [0.15, 0.2) is 18.2 Å². The molecule has 2 aromatic rings. The number of fused-ring (bicyclic) bond motifs is 1. The fourth-order valence-electron chi connectivity index (χ4n) is 3.97. The Balaban J connectivity index is 1.70. The third kappa shape index (κ3) is 4.30. The Hall–Kier alpha value is -2.41. The largest absolute Gasteiger partial charge is 0.481 e. The molecule has 0 unspecified atom stereocenters. The number of aliphatic carboxylic acids is 1. The van der Waals surface area contributed by atoms with Gasteiger partial charge in [0.1, 0.15) is 5.82 Å². The van der Waals surface area contributed by atoms with E-state index in [-0.39, 0.29) is 18.9 Å². The number of H-pyrrole nitrogens is 1. The molecule has 1 aromatic heterocycles. The molecule has 7 heteroatoms. The van der Waals surface area contributed by atoms with Gasteiger partial charge in [0, 0.05) is 26.8 Å². The molecule has 0 aliphatic carbocycles. The smallest absolute Gasteiger partial charge is 0.311 e. The van der Waals surface area contributed by atoms with E-state index in [1.54, 1.807) is 12.0 Å². The second-order valence-corrected chi connectivity index (χ2v) is 7.45. The number of benzene rings is 1. The highest BCUT2D eigenvalue weighted by Crippen LogP contribution is 2.35. The fraction of sp³-hybridized carbons (Fsp3) is 0.550. The number of aromatic nitrogens is 2. The van der Waals surface area contributed by atoms with E-state index in [0.29, 0.717) is 38.8 Å². The number of likely N-dealkylation sites (tertiary alicyclic amines) is 1. The number of hydrogen-bond acceptors (Lipinski definition) is 4. The number of nitrogens with zero attached hydrogens (tertiary/aromatic N) is 2. The maximum Gasteiger partial charge on any atom is 0.311 e. The van der Waals surface area contributed by atoms with E-state index in [9.17, 15) is 14.7 Å². The van der Waals surface area contributed by atoms with Crippen molar-refractivity contribution in [3.8, 4) is 0 Å². The van der Waals surface area contributed by atoms with Crippen LogP contribution in [0.3, 0.4) is 0 Å². The lowest BCUT2D eigenvalue weighted by Crippen LogP contribution is -2.50. The summed E-state index contributed by atoms with van der Waals surface area (Å²) in [6, 6.07) is 5.76. The van der Waals surface area contributed by atoms with Crippen molar-refractivity contribution in [3.05, 3.63) is 29.6 Å². The minimum Gasteiger partial charge on any atom is -0.481 e. The Morgan fingerprint density at radius 1 is 1.41 bits per heavy atom. The molecule has 1 fully saturated rings. The molecule has 0 spiro atoms. The maximum atomic E-state index is 12.8. The molecule has 1 aromatic carbocycles. The number of ether oxygens (including phenoxy) is 1. The second-order valence-electron chi connectivity index (χ2n) is 7.45. The van der Waals surface area contributed by atoms with Gasteiger partial charge in [-0.15, -0.1) is 0 Å². The van der Waals surface area contributed by atoms with Crippen LogP contribution in [0.25, 0.3) is 11.0 Å². The standard InChI is InChI=1S/C20H27N3O4/c1-14-21-16-6-5-15(11-17(16)22-14)12-18(24)23-9-3-7-20(13-23,19(25)26)8-4-10-27-2/h5-6,11H,3-4,7-10,12-13H2,1-2H3,(H,21,22)(H,25,26)/t20-/m0/s1. The molecular formula is C20H27N3O4. The van der Waals surface area contributed by atoms with Crippen LogP contribution >= 0.6 is 0 Å². The molecule has 27 heavy (non-hydrogen) atoms. The average molecular weight is 373 g/mol. The number of hydrogen-bond donors (Lipinski definition) is 2. The van der Waals surface area contributed by atoms with Gasteiger partial charge in [-0.3, -0.25) is 9.59 Å². The van der Waals surface area contributed by atoms with E-state index < -0.39 is 11.4 Å². The first kappa shape index (κ1) is 19.4. The Labute approximate surface area is 158 Å². The lowest BCUT2D eigenvalue weighted by molar-refractivity contribution is -0.155. The van der Waals surface area contributed by atoms with Crippen LogP contribution in [-0.4, -0.2) is 58.7 Å². The molecular weight excluding hydrogens is 346 g/mol. The number of amides is 1. The highest BCUT2D eigenvalue weighted by molar-refractivity contribution is 5.83. The summed E-state index contributed by atoms with van der Waals surface area (Å²) in [5.41, 5.74) is 1.83. The van der Waals surface area contributed by atoms with Gasteiger partial charge in [-0.25, -0.2) is 4.98 Å². The van der Waals surface area contributed by atoms with Gasteiger partial charge in [0.15, 0.2) is 0 Å². The number of aromatic amines is 1. The molecule has 1 aliphatic rings. The predicted molar refractivity (Wildman–Crippen MR) is 102 cm³/mol. The molecule has 2 heterocycles. The number of rotatable bonds is 7. The number of imidazole rings is 1. The monoisotopic (exact) mass is 373 g/mol. The Kier molecular flexibility index (Phi) is 5.79. The SMILES string of the molecule is COCCC[C@@]1(C(=O)O)CCCN(C(=O)Cc2ccc3nc(C)[nH]c3c2)C1. The summed E-state index contributed by atoms with van der Waals surface area (Å²) in [4.78, 5) is 34.1. The molecule has 1 saturated heterocycles. The van der Waals surface area contributed by atoms with Crippen LogP contribution in [-0.2, 0) is 20.7 Å². The molecule has 146 valence electrons. The molecule has 2 N–H and O–H groups in total. The highest BCUT2D eigenvalue weighted by Gasteiger charge is 2.43. The third-order valence-corrected chi connectivity index (χ3v) is 5.41. The van der Waals surface area contributed by atoms with Crippen molar-refractivity contribution >= 4 is 22.9 Å². The number of aryl methyl sites for hydroxylation is 1. The first-order valence-corrected chi connectivity index (χ1v) is 9.39. The minimum atomic E-state index is -0.864. The van der Waals surface area contributed by atoms with Crippen LogP contribution < -0.4 is 0 Å². The first-order chi connectivity index (χ1) is 12.9. The van der Waals surface area contributed by atoms with Crippen LogP contribution in [0.1, 0.15) is 37.1 Å². The van der Waals surface area contributed by atoms with Gasteiger partial charge >= 0.3 is 5.97 Å². The number of carboxylic acid groups (broad SMARTS) is 1. The van der Waals surface area contributed by atoms with Crippen molar-refractivity contribution in [1.82, 2.24) is 14.9 Å². The minimum absolute atomic E-state index is 0.0253. The van der Waals surface area contributed by atoms with Crippen LogP contribution in [0.4, 0.5) is 0 Å². The number of carboxylic acids is 1. The fourth-order valence-corrected chi connectivity index (χ4v) is 3.97. The van der Waals surface area contributed by atoms with Crippen LogP contribution in [0.5, 0.6) is 0 Å². The van der Waals surface area contributed by atoms with Gasteiger partial charge in [0.2, 0.25) is 5.91 Å². The quantitative estimate of drug-likeness (QED) is 0.727. The topological polar surface area (TPSA) is 95.5 Å². The predicted octanol–water partition coefficient (Wildman–Crippen LogP) is 2.53. The summed E-state index contributed by atoms with van der Waals surface area (Å²) in [7, 11) is 1.61.